The summed E-state index contributed by atoms with van der Waals surface area (Å²) in [6, 6.07) is 8.30. The van der Waals surface area contributed by atoms with Crippen molar-refractivity contribution < 1.29 is 9.53 Å². The van der Waals surface area contributed by atoms with Crippen LogP contribution in [0.3, 0.4) is 0 Å². The van der Waals surface area contributed by atoms with Gasteiger partial charge in [-0.15, -0.1) is 0 Å². The minimum atomic E-state index is -0.116. The first-order valence-corrected chi connectivity index (χ1v) is 11.8. The van der Waals surface area contributed by atoms with Gasteiger partial charge in [0.2, 0.25) is 0 Å². The van der Waals surface area contributed by atoms with Crippen molar-refractivity contribution in [3.05, 3.63) is 70.3 Å². The van der Waals surface area contributed by atoms with Gasteiger partial charge in [0.25, 0.3) is 0 Å². The maximum atomic E-state index is 13.2. The van der Waals surface area contributed by atoms with Gasteiger partial charge >= 0.3 is 0 Å². The van der Waals surface area contributed by atoms with Gasteiger partial charge in [-0.3, -0.25) is 4.79 Å². The molecule has 0 fully saturated rings. The number of dihydropyridines is 1. The molecule has 1 aromatic carbocycles. The molecule has 31 heavy (non-hydrogen) atoms. The minimum absolute atomic E-state index is 0.0199. The summed E-state index contributed by atoms with van der Waals surface area (Å²) in [6.07, 6.45) is 2.70. The summed E-state index contributed by atoms with van der Waals surface area (Å²) in [5, 5.41) is 3.51. The highest BCUT2D eigenvalue weighted by atomic mass is 16.5. The molecule has 0 saturated carbocycles. The largest absolute Gasteiger partial charge is 0.494 e. The highest BCUT2D eigenvalue weighted by Gasteiger charge is 2.42. The lowest BCUT2D eigenvalue weighted by molar-refractivity contribution is -0.118. The first kappa shape index (κ1) is 26.7. The molecule has 1 unspecified atom stereocenters. The predicted molar refractivity (Wildman–Crippen MR) is 133 cm³/mol. The van der Waals surface area contributed by atoms with Crippen molar-refractivity contribution in [2.24, 2.45) is 5.41 Å². The van der Waals surface area contributed by atoms with Crippen LogP contribution in [0.5, 0.6) is 0 Å². The molecule has 1 aliphatic carbocycles. The normalized spacial score (nSPS) is 19.3. The average molecular weight is 426 g/mol. The number of aryl methyl sites for hydroxylation is 1. The molecule has 0 bridgehead atoms. The van der Waals surface area contributed by atoms with Crippen molar-refractivity contribution in [3.63, 3.8) is 0 Å². The lowest BCUT2D eigenvalue weighted by atomic mass is 9.68. The zero-order valence-corrected chi connectivity index (χ0v) is 21.2. The van der Waals surface area contributed by atoms with E-state index < -0.39 is 0 Å². The van der Waals surface area contributed by atoms with E-state index in [-0.39, 0.29) is 17.1 Å². The summed E-state index contributed by atoms with van der Waals surface area (Å²) >= 11 is 0. The summed E-state index contributed by atoms with van der Waals surface area (Å²) in [4.78, 5) is 13.2. The van der Waals surface area contributed by atoms with Crippen molar-refractivity contribution in [3.8, 4) is 0 Å². The van der Waals surface area contributed by atoms with Crippen LogP contribution in [0, 0.1) is 12.3 Å². The minimum Gasteiger partial charge on any atom is -0.494 e. The Balaban J connectivity index is 0.000000884. The molecule has 1 aliphatic heterocycles. The zero-order chi connectivity index (χ0) is 23.8. The first-order valence-electron chi connectivity index (χ1n) is 11.8. The van der Waals surface area contributed by atoms with Crippen LogP contribution in [0.25, 0.3) is 0 Å². The Morgan fingerprint density at radius 1 is 1.13 bits per heavy atom. The van der Waals surface area contributed by atoms with E-state index in [1.54, 1.807) is 0 Å². The second kappa shape index (κ2) is 11.9. The fraction of sp³-hybridized carbons (Fsp3) is 0.536. The lowest BCUT2D eigenvalue weighted by Crippen LogP contribution is -2.37. The summed E-state index contributed by atoms with van der Waals surface area (Å²) in [6.45, 7) is 23.4. The quantitative estimate of drug-likeness (QED) is 0.505. The number of rotatable bonds is 4. The summed E-state index contributed by atoms with van der Waals surface area (Å²) < 4.78 is 5.77. The van der Waals surface area contributed by atoms with Gasteiger partial charge in [-0.1, -0.05) is 78.8 Å². The van der Waals surface area contributed by atoms with Gasteiger partial charge in [-0.05, 0) is 43.7 Å². The first-order chi connectivity index (χ1) is 14.7. The van der Waals surface area contributed by atoms with E-state index in [0.29, 0.717) is 18.8 Å². The molecule has 0 spiro atoms. The van der Waals surface area contributed by atoms with Gasteiger partial charge in [-0.2, -0.15) is 0 Å². The molecule has 0 aromatic heterocycles. The van der Waals surface area contributed by atoms with Crippen LogP contribution in [0.15, 0.2) is 59.1 Å². The number of nitrogens with one attached hydrogen (secondary N) is 1. The van der Waals surface area contributed by atoms with Gasteiger partial charge in [0.15, 0.2) is 5.78 Å². The number of carbonyl (C=O) groups is 1. The molecule has 3 heteroatoms. The van der Waals surface area contributed by atoms with Crippen LogP contribution in [0.4, 0.5) is 0 Å². The fourth-order valence-corrected chi connectivity index (χ4v) is 4.28. The number of allylic oxidation sites excluding steroid dienone is 4. The number of carbonyl (C=O) groups excluding carboxylic acids is 1. The van der Waals surface area contributed by atoms with E-state index in [4.69, 9.17) is 4.74 Å². The Hall–Kier alpha value is -2.29. The topological polar surface area (TPSA) is 38.3 Å². The van der Waals surface area contributed by atoms with Crippen LogP contribution in [0.2, 0.25) is 0 Å². The van der Waals surface area contributed by atoms with Crippen molar-refractivity contribution in [2.45, 2.75) is 87.5 Å². The van der Waals surface area contributed by atoms with Crippen LogP contribution in [0.1, 0.15) is 91.7 Å². The monoisotopic (exact) mass is 425 g/mol. The number of Topliss-reactive ketones (excluding diaryl/α,β-unsaturated/α-hetero) is 1. The van der Waals surface area contributed by atoms with Gasteiger partial charge in [0, 0.05) is 34.9 Å². The smallest absolute Gasteiger partial charge is 0.162 e. The third-order valence-corrected chi connectivity index (χ3v) is 5.36. The fourth-order valence-electron chi connectivity index (χ4n) is 4.28. The van der Waals surface area contributed by atoms with E-state index in [9.17, 15) is 4.79 Å². The van der Waals surface area contributed by atoms with Gasteiger partial charge in [-0.25, -0.2) is 0 Å². The predicted octanol–water partition coefficient (Wildman–Crippen LogP) is 7.59. The molecule has 1 heterocycles. The third-order valence-electron chi connectivity index (χ3n) is 5.36. The molecule has 3 nitrogen and oxygen atoms in total. The SMILES string of the molecule is C=C(OCC)C1=C(C)NC2=C(C(=O)CC(C)(C)C2)C1c1ccccc1C.CC.CCC. The van der Waals surface area contributed by atoms with E-state index in [0.717, 1.165) is 34.5 Å². The van der Waals surface area contributed by atoms with Crippen LogP contribution in [-0.2, 0) is 9.53 Å². The summed E-state index contributed by atoms with van der Waals surface area (Å²) in [5.41, 5.74) is 6.29. The highest BCUT2D eigenvalue weighted by molar-refractivity contribution is 6.00. The second-order valence-corrected chi connectivity index (χ2v) is 8.85. The Kier molecular flexibility index (Phi) is 10.3. The number of ketones is 1. The Morgan fingerprint density at radius 3 is 2.26 bits per heavy atom. The molecule has 0 saturated heterocycles. The zero-order valence-electron chi connectivity index (χ0n) is 21.2. The van der Waals surface area contributed by atoms with Gasteiger partial charge in [0.1, 0.15) is 5.76 Å². The number of benzene rings is 1. The summed E-state index contributed by atoms with van der Waals surface area (Å²) in [7, 11) is 0. The number of hydrogen-bond acceptors (Lipinski definition) is 3. The van der Waals surface area contributed by atoms with Crippen LogP contribution >= 0.6 is 0 Å². The molecule has 0 amide bonds. The Morgan fingerprint density at radius 2 is 1.71 bits per heavy atom. The molecule has 1 aromatic rings. The van der Waals surface area contributed by atoms with E-state index in [1.807, 2.05) is 32.9 Å². The van der Waals surface area contributed by atoms with E-state index in [2.05, 4.69) is 65.6 Å². The second-order valence-electron chi connectivity index (χ2n) is 8.85. The molecule has 1 atom stereocenters. The Bertz CT molecular complexity index is 842. The van der Waals surface area contributed by atoms with Crippen molar-refractivity contribution in [2.75, 3.05) is 6.61 Å². The van der Waals surface area contributed by atoms with Crippen LogP contribution < -0.4 is 5.32 Å². The number of hydrogen-bond donors (Lipinski definition) is 1. The van der Waals surface area contributed by atoms with E-state index in [1.165, 1.54) is 12.0 Å². The Labute approximate surface area is 190 Å². The van der Waals surface area contributed by atoms with Crippen LogP contribution in [-0.4, -0.2) is 12.4 Å². The number of ether oxygens (including phenoxy) is 1. The van der Waals surface area contributed by atoms with Crippen molar-refractivity contribution in [1.82, 2.24) is 5.32 Å². The van der Waals surface area contributed by atoms with Crippen molar-refractivity contribution >= 4 is 5.78 Å². The standard InChI is InChI=1S/C23H29NO2.C3H8.C2H6/c1-7-26-16(4)20-15(3)24-18-12-23(5,6)13-19(25)22(18)21(20)17-11-9-8-10-14(17)2;1-3-2;1-2/h8-11,21,24H,4,7,12-13H2,1-3,5-6H3;3H2,1-2H3;1-2H3. The molecule has 172 valence electrons. The summed E-state index contributed by atoms with van der Waals surface area (Å²) in [5.74, 6) is 0.760. The molecule has 3 rings (SSSR count). The van der Waals surface area contributed by atoms with Crippen molar-refractivity contribution in [1.29, 1.82) is 0 Å². The third kappa shape index (κ3) is 6.35. The molecule has 1 N–H and O–H groups in total. The maximum Gasteiger partial charge on any atom is 0.162 e. The average Bonchev–Trinajstić information content (AvgIpc) is 2.68. The molecular weight excluding hydrogens is 382 g/mol. The maximum absolute atomic E-state index is 13.2. The highest BCUT2D eigenvalue weighted by Crippen LogP contribution is 2.48. The van der Waals surface area contributed by atoms with E-state index >= 15 is 0 Å². The molecular formula is C28H43NO2. The molecule has 2 aliphatic rings. The van der Waals surface area contributed by atoms with Gasteiger partial charge in [0.05, 0.1) is 6.61 Å². The molecule has 0 radical (unpaired) electrons. The lowest BCUT2D eigenvalue weighted by Gasteiger charge is -2.40. The van der Waals surface area contributed by atoms with Gasteiger partial charge < -0.3 is 10.1 Å².